The summed E-state index contributed by atoms with van der Waals surface area (Å²) in [6.07, 6.45) is -4.38. The van der Waals surface area contributed by atoms with Gasteiger partial charge < -0.3 is 5.32 Å². The number of rotatable bonds is 2. The van der Waals surface area contributed by atoms with E-state index in [2.05, 4.69) is 21.2 Å². The van der Waals surface area contributed by atoms with Gasteiger partial charge in [-0.3, -0.25) is 4.90 Å². The highest BCUT2D eigenvalue weighted by molar-refractivity contribution is 9.10. The normalized spacial score (nSPS) is 19.4. The molecule has 0 unspecified atom stereocenters. The van der Waals surface area contributed by atoms with Crippen LogP contribution in [0.2, 0.25) is 0 Å². The molecule has 106 valence electrons. The predicted octanol–water partition coefficient (Wildman–Crippen LogP) is 3.10. The molecule has 0 bridgehead atoms. The van der Waals surface area contributed by atoms with E-state index in [0.717, 1.165) is 6.07 Å². The number of halogens is 5. The summed E-state index contributed by atoms with van der Waals surface area (Å²) in [5.74, 6) is -0.565. The van der Waals surface area contributed by atoms with Crippen molar-refractivity contribution in [2.45, 2.75) is 12.2 Å². The van der Waals surface area contributed by atoms with Crippen LogP contribution in [0.1, 0.15) is 11.6 Å². The maximum Gasteiger partial charge on any atom is 0.408 e. The van der Waals surface area contributed by atoms with Crippen LogP contribution in [0.4, 0.5) is 17.6 Å². The first-order chi connectivity index (χ1) is 8.89. The van der Waals surface area contributed by atoms with Gasteiger partial charge in [-0.25, -0.2) is 4.39 Å². The molecule has 0 aromatic heterocycles. The quantitative estimate of drug-likeness (QED) is 0.832. The zero-order valence-corrected chi connectivity index (χ0v) is 11.6. The van der Waals surface area contributed by atoms with E-state index in [9.17, 15) is 17.6 Å². The third-order valence-electron chi connectivity index (χ3n) is 3.09. The van der Waals surface area contributed by atoms with Gasteiger partial charge in [-0.05, 0) is 33.6 Å². The molecule has 1 aromatic rings. The maximum absolute atomic E-state index is 13.3. The molecular formula is C12H13BrF4N2. The van der Waals surface area contributed by atoms with Gasteiger partial charge in [0.05, 0.1) is 4.47 Å². The molecule has 1 aromatic carbocycles. The standard InChI is InChI=1S/C12H13BrF4N2/c13-9-7-8(1-2-10(9)14)11(12(15,16)17)19-5-3-18-4-6-19/h1-2,7,11,18H,3-6H2/t11-/m1/s1. The van der Waals surface area contributed by atoms with Crippen LogP contribution in [0.15, 0.2) is 22.7 Å². The Kier molecular flexibility index (Phi) is 4.47. The molecule has 0 spiro atoms. The first-order valence-corrected chi connectivity index (χ1v) is 6.65. The molecule has 2 nitrogen and oxygen atoms in total. The smallest absolute Gasteiger partial charge is 0.314 e. The van der Waals surface area contributed by atoms with E-state index >= 15 is 0 Å². The SMILES string of the molecule is Fc1ccc([C@@H](N2CCNCC2)C(F)(F)F)cc1Br. The maximum atomic E-state index is 13.3. The molecule has 0 saturated carbocycles. The van der Waals surface area contributed by atoms with Crippen molar-refractivity contribution in [3.8, 4) is 0 Å². The molecule has 1 saturated heterocycles. The number of hydrogen-bond acceptors (Lipinski definition) is 2. The van der Waals surface area contributed by atoms with E-state index in [1.54, 1.807) is 0 Å². The summed E-state index contributed by atoms with van der Waals surface area (Å²) in [5.41, 5.74) is 0.0580. The van der Waals surface area contributed by atoms with Crippen molar-refractivity contribution in [3.05, 3.63) is 34.1 Å². The molecule has 0 aliphatic carbocycles. The van der Waals surface area contributed by atoms with Gasteiger partial charge >= 0.3 is 6.18 Å². The Bertz CT molecular complexity index is 444. The van der Waals surface area contributed by atoms with Gasteiger partial charge in [-0.15, -0.1) is 0 Å². The van der Waals surface area contributed by atoms with Crippen LogP contribution in [0.25, 0.3) is 0 Å². The lowest BCUT2D eigenvalue weighted by molar-refractivity contribution is -0.187. The second-order valence-corrected chi connectivity index (χ2v) is 5.26. The van der Waals surface area contributed by atoms with E-state index < -0.39 is 18.0 Å². The number of nitrogens with one attached hydrogen (secondary N) is 1. The van der Waals surface area contributed by atoms with Crippen molar-refractivity contribution in [1.82, 2.24) is 10.2 Å². The van der Waals surface area contributed by atoms with Crippen molar-refractivity contribution in [2.75, 3.05) is 26.2 Å². The molecule has 0 amide bonds. The average Bonchev–Trinajstić information content (AvgIpc) is 2.34. The monoisotopic (exact) mass is 340 g/mol. The molecule has 1 fully saturated rings. The molecule has 1 aliphatic rings. The first kappa shape index (κ1) is 14.7. The molecule has 7 heteroatoms. The van der Waals surface area contributed by atoms with E-state index in [0.29, 0.717) is 26.2 Å². The van der Waals surface area contributed by atoms with Gasteiger partial charge in [0.25, 0.3) is 0 Å². The number of alkyl halides is 3. The zero-order chi connectivity index (χ0) is 14.0. The Morgan fingerprint density at radius 2 is 1.84 bits per heavy atom. The Morgan fingerprint density at radius 1 is 1.21 bits per heavy atom. The fourth-order valence-electron chi connectivity index (χ4n) is 2.23. The fraction of sp³-hybridized carbons (Fsp3) is 0.500. The third kappa shape index (κ3) is 3.46. The summed E-state index contributed by atoms with van der Waals surface area (Å²) >= 11 is 2.93. The zero-order valence-electron chi connectivity index (χ0n) is 9.97. The molecular weight excluding hydrogens is 328 g/mol. The van der Waals surface area contributed by atoms with Gasteiger partial charge in [-0.1, -0.05) is 6.07 Å². The Morgan fingerprint density at radius 3 is 2.37 bits per heavy atom. The van der Waals surface area contributed by atoms with Crippen LogP contribution in [0.3, 0.4) is 0 Å². The minimum atomic E-state index is -4.38. The van der Waals surface area contributed by atoms with Crippen LogP contribution in [0.5, 0.6) is 0 Å². The molecule has 0 radical (unpaired) electrons. The van der Waals surface area contributed by atoms with Gasteiger partial charge in [-0.2, -0.15) is 13.2 Å². The van der Waals surface area contributed by atoms with Gasteiger partial charge in [0.1, 0.15) is 11.9 Å². The third-order valence-corrected chi connectivity index (χ3v) is 3.69. The second kappa shape index (κ2) is 5.76. The summed E-state index contributed by atoms with van der Waals surface area (Å²) in [5, 5.41) is 3.01. The summed E-state index contributed by atoms with van der Waals surface area (Å²) in [4.78, 5) is 1.37. The van der Waals surface area contributed by atoms with Crippen molar-refractivity contribution in [3.63, 3.8) is 0 Å². The van der Waals surface area contributed by atoms with Crippen LogP contribution < -0.4 is 5.32 Å². The first-order valence-electron chi connectivity index (χ1n) is 5.86. The van der Waals surface area contributed by atoms with Gasteiger partial charge in [0, 0.05) is 26.2 Å². The molecule has 1 N–H and O–H groups in total. The molecule has 1 atom stereocenters. The van der Waals surface area contributed by atoms with Crippen molar-refractivity contribution < 1.29 is 17.6 Å². The Hall–Kier alpha value is -0.660. The van der Waals surface area contributed by atoms with E-state index in [1.807, 2.05) is 0 Å². The molecule has 2 rings (SSSR count). The van der Waals surface area contributed by atoms with E-state index in [4.69, 9.17) is 0 Å². The van der Waals surface area contributed by atoms with Crippen LogP contribution >= 0.6 is 15.9 Å². The van der Waals surface area contributed by atoms with Crippen molar-refractivity contribution in [1.29, 1.82) is 0 Å². The largest absolute Gasteiger partial charge is 0.408 e. The highest BCUT2D eigenvalue weighted by atomic mass is 79.9. The summed E-state index contributed by atoms with van der Waals surface area (Å²) < 4.78 is 53.0. The second-order valence-electron chi connectivity index (χ2n) is 4.40. The molecule has 1 aliphatic heterocycles. The number of benzene rings is 1. The Labute approximate surface area is 116 Å². The Balaban J connectivity index is 2.33. The predicted molar refractivity (Wildman–Crippen MR) is 67.3 cm³/mol. The molecule has 19 heavy (non-hydrogen) atoms. The topological polar surface area (TPSA) is 15.3 Å². The number of hydrogen-bond donors (Lipinski definition) is 1. The van der Waals surface area contributed by atoms with Crippen LogP contribution in [-0.4, -0.2) is 37.3 Å². The average molecular weight is 341 g/mol. The highest BCUT2D eigenvalue weighted by Gasteiger charge is 2.44. The van der Waals surface area contributed by atoms with E-state index in [1.165, 1.54) is 17.0 Å². The lowest BCUT2D eigenvalue weighted by Crippen LogP contribution is -2.49. The minimum Gasteiger partial charge on any atom is -0.314 e. The van der Waals surface area contributed by atoms with Gasteiger partial charge in [0.15, 0.2) is 0 Å². The molecule has 1 heterocycles. The highest BCUT2D eigenvalue weighted by Crippen LogP contribution is 2.38. The lowest BCUT2D eigenvalue weighted by atomic mass is 10.0. The summed E-state index contributed by atoms with van der Waals surface area (Å²) in [7, 11) is 0. The summed E-state index contributed by atoms with van der Waals surface area (Å²) in [6, 6.07) is 1.77. The van der Waals surface area contributed by atoms with Crippen molar-refractivity contribution >= 4 is 15.9 Å². The minimum absolute atomic E-state index is 0.0504. The van der Waals surface area contributed by atoms with Gasteiger partial charge in [0.2, 0.25) is 0 Å². The van der Waals surface area contributed by atoms with Crippen LogP contribution in [-0.2, 0) is 0 Å². The van der Waals surface area contributed by atoms with E-state index in [-0.39, 0.29) is 10.0 Å². The number of nitrogens with zero attached hydrogens (tertiary/aromatic N) is 1. The lowest BCUT2D eigenvalue weighted by Gasteiger charge is -2.36. The van der Waals surface area contributed by atoms with Crippen LogP contribution in [0, 0.1) is 5.82 Å². The fourth-order valence-corrected chi connectivity index (χ4v) is 2.63. The van der Waals surface area contributed by atoms with Crippen molar-refractivity contribution in [2.24, 2.45) is 0 Å². The summed E-state index contributed by atoms with van der Waals surface area (Å²) in [6.45, 7) is 1.68. The number of piperazine rings is 1.